The van der Waals surface area contributed by atoms with Gasteiger partial charge >= 0.3 is 0 Å². The quantitative estimate of drug-likeness (QED) is 0.693. The summed E-state index contributed by atoms with van der Waals surface area (Å²) in [5, 5.41) is 8.57. The molecule has 0 bridgehead atoms. The summed E-state index contributed by atoms with van der Waals surface area (Å²) >= 11 is 0. The molecule has 3 N–H and O–H groups in total. The van der Waals surface area contributed by atoms with Gasteiger partial charge in [0.15, 0.2) is 0 Å². The van der Waals surface area contributed by atoms with Gasteiger partial charge in [-0.25, -0.2) is 0 Å². The minimum absolute atomic E-state index is 0.199. The number of hydrogen-bond acceptors (Lipinski definition) is 2. The SMILES string of the molecule is Cc1cc(C=CCCO)ccc1N. The number of aryl methyl sites for hydroxylation is 1. The van der Waals surface area contributed by atoms with Crippen LogP contribution in [0.1, 0.15) is 17.5 Å². The van der Waals surface area contributed by atoms with Crippen LogP contribution in [0.25, 0.3) is 6.08 Å². The Balaban J connectivity index is 2.73. The van der Waals surface area contributed by atoms with Gasteiger partial charge in [-0.05, 0) is 30.5 Å². The number of anilines is 1. The third kappa shape index (κ3) is 2.92. The van der Waals surface area contributed by atoms with Gasteiger partial charge in [-0.15, -0.1) is 0 Å². The average Bonchev–Trinajstić information content (AvgIpc) is 2.12. The highest BCUT2D eigenvalue weighted by molar-refractivity contribution is 5.57. The first kappa shape index (κ1) is 9.81. The van der Waals surface area contributed by atoms with Gasteiger partial charge in [0.25, 0.3) is 0 Å². The van der Waals surface area contributed by atoms with Gasteiger partial charge in [0.2, 0.25) is 0 Å². The lowest BCUT2D eigenvalue weighted by Gasteiger charge is -2.00. The van der Waals surface area contributed by atoms with E-state index >= 15 is 0 Å². The van der Waals surface area contributed by atoms with Crippen molar-refractivity contribution < 1.29 is 5.11 Å². The first-order chi connectivity index (χ1) is 6.24. The summed E-state index contributed by atoms with van der Waals surface area (Å²) in [6, 6.07) is 5.90. The summed E-state index contributed by atoms with van der Waals surface area (Å²) < 4.78 is 0. The number of aliphatic hydroxyl groups excluding tert-OH is 1. The molecule has 0 heterocycles. The molecule has 0 saturated carbocycles. The summed E-state index contributed by atoms with van der Waals surface area (Å²) in [6.45, 7) is 2.18. The van der Waals surface area contributed by atoms with Crippen molar-refractivity contribution >= 4 is 11.8 Å². The second-order valence-corrected chi connectivity index (χ2v) is 3.03. The van der Waals surface area contributed by atoms with Crippen molar-refractivity contribution in [2.24, 2.45) is 0 Å². The number of nitrogen functional groups attached to an aromatic ring is 1. The van der Waals surface area contributed by atoms with E-state index in [4.69, 9.17) is 10.8 Å². The van der Waals surface area contributed by atoms with E-state index in [-0.39, 0.29) is 6.61 Å². The fourth-order valence-corrected chi connectivity index (χ4v) is 1.10. The minimum Gasteiger partial charge on any atom is -0.399 e. The summed E-state index contributed by atoms with van der Waals surface area (Å²) in [4.78, 5) is 0. The van der Waals surface area contributed by atoms with E-state index in [1.54, 1.807) is 0 Å². The van der Waals surface area contributed by atoms with Gasteiger partial charge in [0, 0.05) is 12.3 Å². The standard InChI is InChI=1S/C11H15NO/c1-9-8-10(4-2-3-7-13)5-6-11(9)12/h2,4-6,8,13H,3,7,12H2,1H3. The lowest BCUT2D eigenvalue weighted by atomic mass is 10.1. The molecule has 1 aromatic carbocycles. The Bertz CT molecular complexity index is 305. The largest absolute Gasteiger partial charge is 0.399 e. The zero-order valence-corrected chi connectivity index (χ0v) is 7.83. The molecule has 0 saturated heterocycles. The molecule has 1 rings (SSSR count). The Morgan fingerprint density at radius 2 is 2.23 bits per heavy atom. The highest BCUT2D eigenvalue weighted by Gasteiger charge is 1.92. The first-order valence-corrected chi connectivity index (χ1v) is 4.37. The molecule has 2 nitrogen and oxygen atoms in total. The Labute approximate surface area is 78.7 Å². The predicted octanol–water partition coefficient (Wildman–Crippen LogP) is 1.97. The molecular weight excluding hydrogens is 162 g/mol. The van der Waals surface area contributed by atoms with Crippen molar-refractivity contribution in [3.8, 4) is 0 Å². The second-order valence-electron chi connectivity index (χ2n) is 3.03. The fourth-order valence-electron chi connectivity index (χ4n) is 1.10. The number of hydrogen-bond donors (Lipinski definition) is 2. The molecule has 70 valence electrons. The van der Waals surface area contributed by atoms with Crippen molar-refractivity contribution in [2.45, 2.75) is 13.3 Å². The van der Waals surface area contributed by atoms with Crippen LogP contribution in [0.15, 0.2) is 24.3 Å². The lowest BCUT2D eigenvalue weighted by Crippen LogP contribution is -1.88. The third-order valence-corrected chi connectivity index (χ3v) is 1.90. The molecule has 0 aliphatic carbocycles. The van der Waals surface area contributed by atoms with Crippen molar-refractivity contribution in [1.29, 1.82) is 0 Å². The fraction of sp³-hybridized carbons (Fsp3) is 0.273. The monoisotopic (exact) mass is 177 g/mol. The number of aliphatic hydroxyl groups is 1. The van der Waals surface area contributed by atoms with Crippen molar-refractivity contribution in [3.63, 3.8) is 0 Å². The maximum absolute atomic E-state index is 8.57. The molecule has 0 atom stereocenters. The summed E-state index contributed by atoms with van der Waals surface area (Å²) in [5.74, 6) is 0. The van der Waals surface area contributed by atoms with Crippen LogP contribution >= 0.6 is 0 Å². The Hall–Kier alpha value is -1.28. The van der Waals surface area contributed by atoms with E-state index in [1.807, 2.05) is 37.3 Å². The van der Waals surface area contributed by atoms with Gasteiger partial charge < -0.3 is 10.8 Å². The normalized spacial score (nSPS) is 10.9. The van der Waals surface area contributed by atoms with E-state index < -0.39 is 0 Å². The van der Waals surface area contributed by atoms with Gasteiger partial charge in [-0.3, -0.25) is 0 Å². The maximum Gasteiger partial charge on any atom is 0.0465 e. The van der Waals surface area contributed by atoms with Crippen LogP contribution in [0.3, 0.4) is 0 Å². The van der Waals surface area contributed by atoms with Gasteiger partial charge in [-0.1, -0.05) is 24.3 Å². The van der Waals surface area contributed by atoms with E-state index in [0.29, 0.717) is 6.42 Å². The molecule has 0 spiro atoms. The Morgan fingerprint density at radius 3 is 2.85 bits per heavy atom. The van der Waals surface area contributed by atoms with Gasteiger partial charge in [-0.2, -0.15) is 0 Å². The van der Waals surface area contributed by atoms with Crippen LogP contribution in [0, 0.1) is 6.92 Å². The Kier molecular flexibility index (Phi) is 3.53. The molecule has 2 heteroatoms. The minimum atomic E-state index is 0.199. The van der Waals surface area contributed by atoms with Crippen LogP contribution in [0.2, 0.25) is 0 Å². The first-order valence-electron chi connectivity index (χ1n) is 4.37. The highest BCUT2D eigenvalue weighted by atomic mass is 16.2. The van der Waals surface area contributed by atoms with Crippen molar-refractivity contribution in [1.82, 2.24) is 0 Å². The van der Waals surface area contributed by atoms with Crippen LogP contribution in [-0.2, 0) is 0 Å². The van der Waals surface area contributed by atoms with Gasteiger partial charge in [0.05, 0.1) is 0 Å². The molecule has 0 aliphatic heterocycles. The number of rotatable bonds is 3. The van der Waals surface area contributed by atoms with E-state index in [0.717, 1.165) is 16.8 Å². The van der Waals surface area contributed by atoms with E-state index in [9.17, 15) is 0 Å². The Morgan fingerprint density at radius 1 is 1.46 bits per heavy atom. The van der Waals surface area contributed by atoms with Crippen molar-refractivity contribution in [3.05, 3.63) is 35.4 Å². The van der Waals surface area contributed by atoms with Crippen molar-refractivity contribution in [2.75, 3.05) is 12.3 Å². The highest BCUT2D eigenvalue weighted by Crippen LogP contribution is 2.13. The van der Waals surface area contributed by atoms with E-state index in [1.165, 1.54) is 0 Å². The predicted molar refractivity (Wildman–Crippen MR) is 56.3 cm³/mol. The molecule has 0 amide bonds. The number of benzene rings is 1. The molecule has 13 heavy (non-hydrogen) atoms. The van der Waals surface area contributed by atoms with Crippen LogP contribution in [0.4, 0.5) is 5.69 Å². The molecule has 0 fully saturated rings. The molecule has 1 aromatic rings. The summed E-state index contributed by atoms with van der Waals surface area (Å²) in [5.41, 5.74) is 8.71. The number of nitrogens with two attached hydrogens (primary N) is 1. The average molecular weight is 177 g/mol. The molecule has 0 radical (unpaired) electrons. The molecule has 0 unspecified atom stereocenters. The summed E-state index contributed by atoms with van der Waals surface area (Å²) in [7, 11) is 0. The molecule has 0 aliphatic rings. The van der Waals surface area contributed by atoms with E-state index in [2.05, 4.69) is 0 Å². The maximum atomic E-state index is 8.57. The molecule has 0 aromatic heterocycles. The van der Waals surface area contributed by atoms with Gasteiger partial charge in [0.1, 0.15) is 0 Å². The van der Waals surface area contributed by atoms with Crippen LogP contribution in [0.5, 0.6) is 0 Å². The third-order valence-electron chi connectivity index (χ3n) is 1.90. The van der Waals surface area contributed by atoms with Crippen LogP contribution in [-0.4, -0.2) is 11.7 Å². The zero-order chi connectivity index (χ0) is 9.68. The lowest BCUT2D eigenvalue weighted by molar-refractivity contribution is 0.303. The second kappa shape index (κ2) is 4.67. The van der Waals surface area contributed by atoms with Crippen LogP contribution < -0.4 is 5.73 Å². The topological polar surface area (TPSA) is 46.2 Å². The zero-order valence-electron chi connectivity index (χ0n) is 7.83. The summed E-state index contributed by atoms with van der Waals surface area (Å²) in [6.07, 6.45) is 4.64. The smallest absolute Gasteiger partial charge is 0.0465 e. The molecular formula is C11H15NO.